The lowest BCUT2D eigenvalue weighted by molar-refractivity contribution is -0.384. The van der Waals surface area contributed by atoms with Gasteiger partial charge in [0.1, 0.15) is 11.6 Å². The van der Waals surface area contributed by atoms with Crippen LogP contribution in [0.25, 0.3) is 10.9 Å². The second-order valence-corrected chi connectivity index (χ2v) is 8.82. The van der Waals surface area contributed by atoms with Crippen LogP contribution in [0.2, 0.25) is 0 Å². The van der Waals surface area contributed by atoms with Gasteiger partial charge in [0.2, 0.25) is 5.91 Å². The van der Waals surface area contributed by atoms with Gasteiger partial charge in [-0.1, -0.05) is 42.5 Å². The molecular weight excluding hydrogens is 473 g/mol. The minimum Gasteiger partial charge on any atom is -0.467 e. The van der Waals surface area contributed by atoms with Crippen molar-refractivity contribution in [3.8, 4) is 0 Å². The molecule has 0 aliphatic heterocycles. The van der Waals surface area contributed by atoms with Crippen molar-refractivity contribution in [1.82, 2.24) is 9.88 Å². The molecule has 5 rings (SSSR count). The summed E-state index contributed by atoms with van der Waals surface area (Å²) in [6.07, 6.45) is 3.47. The van der Waals surface area contributed by atoms with E-state index in [1.807, 2.05) is 41.1 Å². The van der Waals surface area contributed by atoms with Crippen molar-refractivity contribution in [3.05, 3.63) is 136 Å². The Morgan fingerprint density at radius 3 is 2.59 bits per heavy atom. The number of fused-ring (bicyclic) bond motifs is 1. The maximum absolute atomic E-state index is 14.3. The number of halogens is 1. The molecule has 186 valence electrons. The average molecular weight is 498 g/mol. The molecule has 0 aliphatic carbocycles. The maximum atomic E-state index is 14.3. The van der Waals surface area contributed by atoms with Gasteiger partial charge in [-0.2, -0.15) is 0 Å². The van der Waals surface area contributed by atoms with Crippen molar-refractivity contribution in [2.45, 2.75) is 25.4 Å². The molecule has 37 heavy (non-hydrogen) atoms. The number of hydrogen-bond donors (Lipinski definition) is 1. The monoisotopic (exact) mass is 497 g/mol. The van der Waals surface area contributed by atoms with Gasteiger partial charge in [-0.3, -0.25) is 14.9 Å². The van der Waals surface area contributed by atoms with E-state index < -0.39 is 16.7 Å². The molecule has 2 aromatic heterocycles. The Morgan fingerprint density at radius 1 is 1.03 bits per heavy atom. The molecule has 5 aromatic rings. The summed E-state index contributed by atoms with van der Waals surface area (Å²) in [6.45, 7) is 0.763. The van der Waals surface area contributed by atoms with Crippen LogP contribution in [0.4, 0.5) is 10.1 Å². The first-order valence-corrected chi connectivity index (χ1v) is 11.8. The SMILES string of the molecule is O=C(C[C@@H](c1cccc(F)c1)c1cn(Cc2ccccc2)c2ccc([N+](=O)[O-])cc12)NCc1ccco1. The van der Waals surface area contributed by atoms with Crippen LogP contribution in [0.15, 0.2) is 102 Å². The smallest absolute Gasteiger partial charge is 0.270 e. The van der Waals surface area contributed by atoms with E-state index in [0.29, 0.717) is 28.8 Å². The van der Waals surface area contributed by atoms with Crippen LogP contribution in [0.3, 0.4) is 0 Å². The minimum absolute atomic E-state index is 0.0251. The number of nitro groups is 1. The van der Waals surface area contributed by atoms with Gasteiger partial charge in [0, 0.05) is 48.1 Å². The van der Waals surface area contributed by atoms with E-state index in [1.54, 1.807) is 30.3 Å². The predicted octanol–water partition coefficient (Wildman–Crippen LogP) is 6.17. The third-order valence-electron chi connectivity index (χ3n) is 6.36. The number of carbonyl (C=O) groups is 1. The predicted molar refractivity (Wildman–Crippen MR) is 138 cm³/mol. The Labute approximate surface area is 212 Å². The lowest BCUT2D eigenvalue weighted by Gasteiger charge is -2.17. The van der Waals surface area contributed by atoms with Gasteiger partial charge in [-0.25, -0.2) is 4.39 Å². The van der Waals surface area contributed by atoms with Crippen molar-refractivity contribution in [3.63, 3.8) is 0 Å². The molecular formula is C29H24FN3O4. The van der Waals surface area contributed by atoms with Gasteiger partial charge in [0.05, 0.1) is 17.7 Å². The average Bonchev–Trinajstić information content (AvgIpc) is 3.55. The number of hydrogen-bond acceptors (Lipinski definition) is 4. The van der Waals surface area contributed by atoms with Crippen LogP contribution in [-0.4, -0.2) is 15.4 Å². The summed E-state index contributed by atoms with van der Waals surface area (Å²) in [6, 6.07) is 24.2. The Morgan fingerprint density at radius 2 is 1.86 bits per heavy atom. The number of amides is 1. The zero-order chi connectivity index (χ0) is 25.8. The molecule has 0 unspecified atom stereocenters. The summed E-state index contributed by atoms with van der Waals surface area (Å²) in [7, 11) is 0. The molecule has 1 atom stereocenters. The number of nitrogens with one attached hydrogen (secondary N) is 1. The molecule has 2 heterocycles. The molecule has 0 aliphatic rings. The summed E-state index contributed by atoms with van der Waals surface area (Å²) in [5.74, 6) is -0.586. The standard InChI is InChI=1S/C29H24FN3O4/c30-22-9-4-8-21(14-22)25(16-29(34)31-17-24-10-5-13-37-24)27-19-32(18-20-6-2-1-3-7-20)28-12-11-23(33(35)36)15-26(27)28/h1-15,19,25H,16-18H2,(H,31,34)/t25-/m0/s1. The van der Waals surface area contributed by atoms with Gasteiger partial charge in [-0.05, 0) is 47.0 Å². The highest BCUT2D eigenvalue weighted by atomic mass is 19.1. The highest BCUT2D eigenvalue weighted by molar-refractivity contribution is 5.88. The summed E-state index contributed by atoms with van der Waals surface area (Å²) in [5.41, 5.74) is 3.13. The van der Waals surface area contributed by atoms with Gasteiger partial charge >= 0.3 is 0 Å². The zero-order valence-corrected chi connectivity index (χ0v) is 19.8. The Balaban J connectivity index is 1.58. The number of non-ortho nitro benzene ring substituents is 1. The number of carbonyl (C=O) groups excluding carboxylic acids is 1. The number of nitrogens with zero attached hydrogens (tertiary/aromatic N) is 2. The normalized spacial score (nSPS) is 11.9. The summed E-state index contributed by atoms with van der Waals surface area (Å²) >= 11 is 0. The second kappa shape index (κ2) is 10.5. The minimum atomic E-state index is -0.533. The summed E-state index contributed by atoms with van der Waals surface area (Å²) in [4.78, 5) is 24.2. The van der Waals surface area contributed by atoms with E-state index in [4.69, 9.17) is 4.42 Å². The van der Waals surface area contributed by atoms with Gasteiger partial charge < -0.3 is 14.3 Å². The maximum Gasteiger partial charge on any atom is 0.270 e. The van der Waals surface area contributed by atoms with Crippen molar-refractivity contribution in [1.29, 1.82) is 0 Å². The van der Waals surface area contributed by atoms with Gasteiger partial charge in [-0.15, -0.1) is 0 Å². The van der Waals surface area contributed by atoms with Crippen LogP contribution in [0.5, 0.6) is 0 Å². The van der Waals surface area contributed by atoms with E-state index in [0.717, 1.165) is 11.1 Å². The van der Waals surface area contributed by atoms with Crippen LogP contribution in [0.1, 0.15) is 34.8 Å². The van der Waals surface area contributed by atoms with Gasteiger partial charge in [0.15, 0.2) is 0 Å². The second-order valence-electron chi connectivity index (χ2n) is 8.82. The van der Waals surface area contributed by atoms with Crippen molar-refractivity contribution >= 4 is 22.5 Å². The molecule has 0 spiro atoms. The quantitative estimate of drug-likeness (QED) is 0.195. The number of benzene rings is 3. The summed E-state index contributed by atoms with van der Waals surface area (Å²) < 4.78 is 21.6. The molecule has 0 fully saturated rings. The number of rotatable bonds is 9. The first kappa shape index (κ1) is 24.0. The van der Waals surface area contributed by atoms with E-state index in [1.165, 1.54) is 30.5 Å². The molecule has 0 saturated carbocycles. The van der Waals surface area contributed by atoms with Crippen molar-refractivity contribution in [2.75, 3.05) is 0 Å². The number of furan rings is 1. The first-order chi connectivity index (χ1) is 18.0. The van der Waals surface area contributed by atoms with E-state index in [9.17, 15) is 19.3 Å². The zero-order valence-electron chi connectivity index (χ0n) is 19.8. The molecule has 3 aromatic carbocycles. The third-order valence-corrected chi connectivity index (χ3v) is 6.36. The van der Waals surface area contributed by atoms with E-state index in [-0.39, 0.29) is 24.6 Å². The lowest BCUT2D eigenvalue weighted by atomic mass is 9.88. The fourth-order valence-corrected chi connectivity index (χ4v) is 4.60. The largest absolute Gasteiger partial charge is 0.467 e. The lowest BCUT2D eigenvalue weighted by Crippen LogP contribution is -2.24. The molecule has 7 nitrogen and oxygen atoms in total. The molecule has 8 heteroatoms. The first-order valence-electron chi connectivity index (χ1n) is 11.8. The van der Waals surface area contributed by atoms with Gasteiger partial charge in [0.25, 0.3) is 5.69 Å². The number of aromatic nitrogens is 1. The third kappa shape index (κ3) is 5.43. The van der Waals surface area contributed by atoms with E-state index in [2.05, 4.69) is 5.32 Å². The van der Waals surface area contributed by atoms with Crippen LogP contribution in [0, 0.1) is 15.9 Å². The Hall–Kier alpha value is -4.72. The highest BCUT2D eigenvalue weighted by Crippen LogP contribution is 2.37. The number of nitro benzene ring substituents is 1. The van der Waals surface area contributed by atoms with Crippen LogP contribution >= 0.6 is 0 Å². The summed E-state index contributed by atoms with van der Waals surface area (Å²) in [5, 5.41) is 15.1. The Kier molecular flexibility index (Phi) is 6.81. The Bertz CT molecular complexity index is 1540. The molecule has 1 amide bonds. The molecule has 0 saturated heterocycles. The van der Waals surface area contributed by atoms with Crippen molar-refractivity contribution in [2.24, 2.45) is 0 Å². The van der Waals surface area contributed by atoms with Crippen LogP contribution < -0.4 is 5.32 Å². The van der Waals surface area contributed by atoms with E-state index >= 15 is 0 Å². The fraction of sp³-hybridized carbons (Fsp3) is 0.138. The fourth-order valence-electron chi connectivity index (χ4n) is 4.60. The molecule has 0 radical (unpaired) electrons. The topological polar surface area (TPSA) is 90.3 Å². The molecule has 1 N–H and O–H groups in total. The molecule has 0 bridgehead atoms. The highest BCUT2D eigenvalue weighted by Gasteiger charge is 2.25. The van der Waals surface area contributed by atoms with Crippen molar-refractivity contribution < 1.29 is 18.5 Å². The van der Waals surface area contributed by atoms with Crippen LogP contribution in [-0.2, 0) is 17.9 Å².